The maximum atomic E-state index is 10.7. The van der Waals surface area contributed by atoms with E-state index in [0.717, 1.165) is 5.56 Å². The number of halogens is 2. The van der Waals surface area contributed by atoms with E-state index in [0.29, 0.717) is 40.6 Å². The molecule has 0 aliphatic carbocycles. The molecule has 0 radical (unpaired) electrons. The average Bonchev–Trinajstić information content (AvgIpc) is 2.50. The molecule has 0 aliphatic rings. The zero-order chi connectivity index (χ0) is 16.8. The van der Waals surface area contributed by atoms with E-state index in [1.54, 1.807) is 12.1 Å². The quantitative estimate of drug-likeness (QED) is 0.605. The molecule has 7 nitrogen and oxygen atoms in total. The van der Waals surface area contributed by atoms with Gasteiger partial charge in [-0.1, -0.05) is 29.3 Å². The molecular formula is C14H16Cl2N6O. The van der Waals surface area contributed by atoms with Crippen molar-refractivity contribution >= 4 is 46.6 Å². The van der Waals surface area contributed by atoms with Gasteiger partial charge in [-0.2, -0.15) is 4.98 Å². The van der Waals surface area contributed by atoms with Crippen molar-refractivity contribution < 1.29 is 4.79 Å². The number of carbonyl (C=O) groups is 1. The molecule has 23 heavy (non-hydrogen) atoms. The molecule has 0 saturated heterocycles. The molecule has 0 fully saturated rings. The van der Waals surface area contributed by atoms with Crippen molar-refractivity contribution in [2.45, 2.75) is 13.0 Å². The van der Waals surface area contributed by atoms with E-state index in [1.807, 2.05) is 6.07 Å². The Hall–Kier alpha value is -2.25. The summed E-state index contributed by atoms with van der Waals surface area (Å²) in [6, 6.07) is 5.34. The summed E-state index contributed by atoms with van der Waals surface area (Å²) in [6.07, 6.45) is 1.67. The molecule has 2 aromatic rings. The van der Waals surface area contributed by atoms with Crippen molar-refractivity contribution in [3.63, 3.8) is 0 Å². The average molecular weight is 355 g/mol. The van der Waals surface area contributed by atoms with Crippen LogP contribution in [0.3, 0.4) is 0 Å². The minimum atomic E-state index is -0.400. The summed E-state index contributed by atoms with van der Waals surface area (Å²) in [4.78, 5) is 19.1. The van der Waals surface area contributed by atoms with Gasteiger partial charge in [0, 0.05) is 19.5 Å². The van der Waals surface area contributed by atoms with E-state index < -0.39 is 5.91 Å². The van der Waals surface area contributed by atoms with E-state index in [2.05, 4.69) is 20.6 Å². The van der Waals surface area contributed by atoms with Crippen LogP contribution < -0.4 is 22.1 Å². The highest BCUT2D eigenvalue weighted by molar-refractivity contribution is 6.42. The van der Waals surface area contributed by atoms with E-state index in [1.165, 1.54) is 6.20 Å². The first-order chi connectivity index (χ1) is 11.0. The van der Waals surface area contributed by atoms with Gasteiger partial charge in [-0.05, 0) is 17.7 Å². The smallest absolute Gasteiger partial charge is 0.225 e. The van der Waals surface area contributed by atoms with Gasteiger partial charge in [0.2, 0.25) is 11.9 Å². The Morgan fingerprint density at radius 1 is 1.22 bits per heavy atom. The Kier molecular flexibility index (Phi) is 5.84. The first-order valence-electron chi connectivity index (χ1n) is 6.78. The number of rotatable bonds is 7. The largest absolute Gasteiger partial charge is 0.394 e. The first-order valence-corrected chi connectivity index (χ1v) is 7.54. The number of nitrogens with two attached hydrogens (primary N) is 2. The summed E-state index contributed by atoms with van der Waals surface area (Å²) in [5.74, 6) is 0.438. The van der Waals surface area contributed by atoms with Crippen molar-refractivity contribution in [2.75, 3.05) is 22.9 Å². The van der Waals surface area contributed by atoms with Crippen LogP contribution in [0.5, 0.6) is 0 Å². The van der Waals surface area contributed by atoms with Gasteiger partial charge in [0.05, 0.1) is 21.9 Å². The number of aromatic nitrogens is 2. The number of hydrogen-bond donors (Lipinski definition) is 4. The van der Waals surface area contributed by atoms with E-state index in [9.17, 15) is 4.79 Å². The Labute approximate surface area is 143 Å². The van der Waals surface area contributed by atoms with E-state index in [-0.39, 0.29) is 6.42 Å². The molecule has 0 aliphatic heterocycles. The number of benzene rings is 1. The fourth-order valence-electron chi connectivity index (χ4n) is 1.75. The number of anilines is 3. The van der Waals surface area contributed by atoms with Gasteiger partial charge in [-0.25, -0.2) is 4.98 Å². The fourth-order valence-corrected chi connectivity index (χ4v) is 2.07. The maximum absolute atomic E-state index is 10.7. The SMILES string of the molecule is NC(=O)CCNc1nc(NCc2ccc(Cl)c(Cl)c2)ncc1N. The lowest BCUT2D eigenvalue weighted by molar-refractivity contribution is -0.117. The van der Waals surface area contributed by atoms with Crippen LogP contribution in [0.2, 0.25) is 10.0 Å². The van der Waals surface area contributed by atoms with Crippen LogP contribution in [-0.4, -0.2) is 22.4 Å². The molecule has 1 heterocycles. The molecule has 1 aromatic heterocycles. The molecule has 0 saturated carbocycles. The third kappa shape index (κ3) is 5.15. The van der Waals surface area contributed by atoms with E-state index in [4.69, 9.17) is 34.7 Å². The third-order valence-electron chi connectivity index (χ3n) is 2.92. The zero-order valence-electron chi connectivity index (χ0n) is 12.1. The molecule has 0 atom stereocenters. The van der Waals surface area contributed by atoms with Gasteiger partial charge in [0.15, 0.2) is 5.82 Å². The lowest BCUT2D eigenvalue weighted by Crippen LogP contribution is -2.17. The van der Waals surface area contributed by atoms with Crippen molar-refractivity contribution in [3.8, 4) is 0 Å². The fraction of sp³-hybridized carbons (Fsp3) is 0.214. The van der Waals surface area contributed by atoms with Crippen LogP contribution in [0.4, 0.5) is 17.5 Å². The first kappa shape index (κ1) is 17.1. The maximum Gasteiger partial charge on any atom is 0.225 e. The normalized spacial score (nSPS) is 10.3. The minimum Gasteiger partial charge on any atom is -0.394 e. The van der Waals surface area contributed by atoms with Crippen molar-refractivity contribution in [3.05, 3.63) is 40.0 Å². The monoisotopic (exact) mass is 354 g/mol. The summed E-state index contributed by atoms with van der Waals surface area (Å²) >= 11 is 11.8. The lowest BCUT2D eigenvalue weighted by atomic mass is 10.2. The molecule has 2 rings (SSSR count). The van der Waals surface area contributed by atoms with Gasteiger partial charge in [-0.3, -0.25) is 4.79 Å². The Balaban J connectivity index is 1.99. The highest BCUT2D eigenvalue weighted by Crippen LogP contribution is 2.23. The molecular weight excluding hydrogens is 339 g/mol. The van der Waals surface area contributed by atoms with Crippen LogP contribution in [0, 0.1) is 0 Å². The van der Waals surface area contributed by atoms with Crippen molar-refractivity contribution in [1.29, 1.82) is 0 Å². The number of nitrogen functional groups attached to an aromatic ring is 1. The molecule has 0 spiro atoms. The van der Waals surface area contributed by atoms with Gasteiger partial charge < -0.3 is 22.1 Å². The molecule has 9 heteroatoms. The Morgan fingerprint density at radius 2 is 2.00 bits per heavy atom. The van der Waals surface area contributed by atoms with Gasteiger partial charge >= 0.3 is 0 Å². The Bertz CT molecular complexity index is 710. The number of primary amides is 1. The minimum absolute atomic E-state index is 0.190. The standard InChI is InChI=1S/C14H16Cl2N6O/c15-9-2-1-8(5-10(9)16)6-20-14-21-7-11(17)13(22-14)19-4-3-12(18)23/h1-2,5,7H,3-4,6,17H2,(H2,18,23)(H2,19,20,21,22). The zero-order valence-corrected chi connectivity index (χ0v) is 13.7. The third-order valence-corrected chi connectivity index (χ3v) is 3.65. The number of nitrogens with one attached hydrogen (secondary N) is 2. The summed E-state index contributed by atoms with van der Waals surface area (Å²) in [5, 5.41) is 6.99. The topological polar surface area (TPSA) is 119 Å². The summed E-state index contributed by atoms with van der Waals surface area (Å²) < 4.78 is 0. The van der Waals surface area contributed by atoms with Gasteiger partial charge in [0.25, 0.3) is 0 Å². The summed E-state index contributed by atoms with van der Waals surface area (Å²) in [7, 11) is 0. The number of amides is 1. The summed E-state index contributed by atoms with van der Waals surface area (Å²) in [5.41, 5.74) is 12.2. The van der Waals surface area contributed by atoms with Crippen LogP contribution >= 0.6 is 23.2 Å². The second-order valence-electron chi connectivity index (χ2n) is 4.74. The second kappa shape index (κ2) is 7.85. The van der Waals surface area contributed by atoms with Crippen molar-refractivity contribution in [1.82, 2.24) is 9.97 Å². The number of nitrogens with zero attached hydrogens (tertiary/aromatic N) is 2. The predicted octanol–water partition coefficient (Wildman–Crippen LogP) is 2.26. The van der Waals surface area contributed by atoms with Crippen LogP contribution in [0.25, 0.3) is 0 Å². The molecule has 0 unspecified atom stereocenters. The number of hydrogen-bond acceptors (Lipinski definition) is 6. The lowest BCUT2D eigenvalue weighted by Gasteiger charge is -2.10. The molecule has 122 valence electrons. The van der Waals surface area contributed by atoms with Gasteiger partial charge in [0.1, 0.15) is 0 Å². The highest BCUT2D eigenvalue weighted by Gasteiger charge is 2.06. The molecule has 1 amide bonds. The van der Waals surface area contributed by atoms with Crippen LogP contribution in [0.1, 0.15) is 12.0 Å². The van der Waals surface area contributed by atoms with Crippen LogP contribution in [-0.2, 0) is 11.3 Å². The molecule has 0 bridgehead atoms. The second-order valence-corrected chi connectivity index (χ2v) is 5.56. The molecule has 1 aromatic carbocycles. The van der Waals surface area contributed by atoms with E-state index >= 15 is 0 Å². The Morgan fingerprint density at radius 3 is 2.70 bits per heavy atom. The summed E-state index contributed by atoms with van der Waals surface area (Å²) in [6.45, 7) is 0.824. The van der Waals surface area contributed by atoms with Gasteiger partial charge in [-0.15, -0.1) is 0 Å². The molecule has 6 N–H and O–H groups in total. The van der Waals surface area contributed by atoms with Crippen molar-refractivity contribution in [2.24, 2.45) is 5.73 Å². The predicted molar refractivity (Wildman–Crippen MR) is 92.5 cm³/mol. The number of carbonyl (C=O) groups excluding carboxylic acids is 1. The highest BCUT2D eigenvalue weighted by atomic mass is 35.5. The van der Waals surface area contributed by atoms with Crippen LogP contribution in [0.15, 0.2) is 24.4 Å².